The van der Waals surface area contributed by atoms with Crippen molar-refractivity contribution in [3.05, 3.63) is 69.3 Å². The van der Waals surface area contributed by atoms with Crippen LogP contribution < -0.4 is 4.74 Å². The molecule has 2 rings (SSSR count). The number of rotatable bonds is 7. The van der Waals surface area contributed by atoms with Crippen molar-refractivity contribution in [3.8, 4) is 5.75 Å². The van der Waals surface area contributed by atoms with Crippen molar-refractivity contribution in [1.82, 2.24) is 0 Å². The molecule has 0 saturated carbocycles. The lowest BCUT2D eigenvalue weighted by atomic mass is 10.0. The van der Waals surface area contributed by atoms with Crippen LogP contribution in [0.1, 0.15) is 21.5 Å². The van der Waals surface area contributed by atoms with Crippen LogP contribution in [-0.2, 0) is 9.53 Å². The second-order valence-electron chi connectivity index (χ2n) is 5.44. The number of nitro groups is 1. The van der Waals surface area contributed by atoms with Gasteiger partial charge in [-0.2, -0.15) is 0 Å². The molecule has 2 aromatic carbocycles. The summed E-state index contributed by atoms with van der Waals surface area (Å²) in [7, 11) is 0. The van der Waals surface area contributed by atoms with Crippen LogP contribution in [0.25, 0.3) is 0 Å². The zero-order valence-corrected chi connectivity index (χ0v) is 13.9. The molecule has 0 spiro atoms. The van der Waals surface area contributed by atoms with Gasteiger partial charge in [-0.25, -0.2) is 4.79 Å². The molecule has 0 aromatic heterocycles. The molecule has 0 amide bonds. The van der Waals surface area contributed by atoms with Gasteiger partial charge >= 0.3 is 5.97 Å². The number of esters is 1. The molecule has 0 fully saturated rings. The van der Waals surface area contributed by atoms with Crippen molar-refractivity contribution in [2.45, 2.75) is 13.8 Å². The number of ketones is 1. The van der Waals surface area contributed by atoms with Crippen molar-refractivity contribution in [2.75, 3.05) is 13.2 Å². The Balaban J connectivity index is 1.83. The summed E-state index contributed by atoms with van der Waals surface area (Å²) in [5.74, 6) is -0.690. The highest BCUT2D eigenvalue weighted by atomic mass is 16.6. The van der Waals surface area contributed by atoms with E-state index < -0.39 is 17.5 Å². The van der Waals surface area contributed by atoms with Crippen molar-refractivity contribution < 1.29 is 24.0 Å². The molecule has 0 bridgehead atoms. The number of carbonyl (C=O) groups is 2. The fourth-order valence-corrected chi connectivity index (χ4v) is 2.11. The van der Waals surface area contributed by atoms with E-state index in [1.807, 2.05) is 26.0 Å². The molecule has 7 nitrogen and oxygen atoms in total. The Kier molecular flexibility index (Phi) is 5.84. The fourth-order valence-electron chi connectivity index (χ4n) is 2.11. The Morgan fingerprint density at radius 1 is 1.04 bits per heavy atom. The largest absolute Gasteiger partial charge is 0.482 e. The maximum atomic E-state index is 12.1. The van der Waals surface area contributed by atoms with Gasteiger partial charge in [-0.15, -0.1) is 0 Å². The number of nitrogens with zero attached hydrogens (tertiary/aromatic N) is 1. The van der Waals surface area contributed by atoms with Crippen LogP contribution >= 0.6 is 0 Å². The molecule has 2 aromatic rings. The van der Waals surface area contributed by atoms with Gasteiger partial charge in [0.25, 0.3) is 5.69 Å². The lowest BCUT2D eigenvalue weighted by Crippen LogP contribution is -2.20. The second-order valence-corrected chi connectivity index (χ2v) is 5.44. The number of aryl methyl sites for hydroxylation is 2. The Morgan fingerprint density at radius 2 is 1.72 bits per heavy atom. The zero-order valence-electron chi connectivity index (χ0n) is 13.9. The van der Waals surface area contributed by atoms with Gasteiger partial charge in [0.15, 0.2) is 13.2 Å². The van der Waals surface area contributed by atoms with Gasteiger partial charge in [0.2, 0.25) is 5.78 Å². The smallest absolute Gasteiger partial charge is 0.344 e. The first kappa shape index (κ1) is 18.1. The number of nitro benzene ring substituents is 1. The van der Waals surface area contributed by atoms with Gasteiger partial charge in [0.1, 0.15) is 5.75 Å². The predicted molar refractivity (Wildman–Crippen MR) is 89.8 cm³/mol. The topological polar surface area (TPSA) is 95.7 Å². The molecule has 0 saturated heterocycles. The number of Topliss-reactive ketones (excluding diaryl/α,β-unsaturated/α-hetero) is 1. The van der Waals surface area contributed by atoms with Crippen molar-refractivity contribution in [2.24, 2.45) is 0 Å². The van der Waals surface area contributed by atoms with Crippen LogP contribution in [-0.4, -0.2) is 29.9 Å². The van der Waals surface area contributed by atoms with Crippen LogP contribution in [0.5, 0.6) is 5.75 Å². The molecule has 0 atom stereocenters. The van der Waals surface area contributed by atoms with E-state index in [0.29, 0.717) is 11.3 Å². The molecular weight excluding hydrogens is 326 g/mol. The molecule has 0 aliphatic carbocycles. The Hall–Kier alpha value is -3.22. The summed E-state index contributed by atoms with van der Waals surface area (Å²) in [6.45, 7) is 2.93. The average Bonchev–Trinajstić information content (AvgIpc) is 2.60. The normalized spacial score (nSPS) is 10.2. The summed E-state index contributed by atoms with van der Waals surface area (Å²) >= 11 is 0. The molecule has 25 heavy (non-hydrogen) atoms. The summed E-state index contributed by atoms with van der Waals surface area (Å²) in [6.07, 6.45) is 0. The minimum Gasteiger partial charge on any atom is -0.482 e. The zero-order chi connectivity index (χ0) is 18.4. The van der Waals surface area contributed by atoms with Crippen LogP contribution in [0.3, 0.4) is 0 Å². The average molecular weight is 343 g/mol. The summed E-state index contributed by atoms with van der Waals surface area (Å²) in [4.78, 5) is 33.8. The van der Waals surface area contributed by atoms with E-state index in [-0.39, 0.29) is 18.1 Å². The Bertz CT molecular complexity index is 798. The first-order valence-corrected chi connectivity index (χ1v) is 7.50. The standard InChI is InChI=1S/C18H17NO6/c1-12-3-4-13(2)16(9-12)17(20)10-25-18(21)11-24-15-7-5-14(6-8-15)19(22)23/h3-9H,10-11H2,1-2H3. The van der Waals surface area contributed by atoms with E-state index in [2.05, 4.69) is 0 Å². The number of non-ortho nitro benzene ring substituents is 1. The minimum atomic E-state index is -0.697. The van der Waals surface area contributed by atoms with E-state index in [1.54, 1.807) is 6.07 Å². The first-order valence-electron chi connectivity index (χ1n) is 7.50. The lowest BCUT2D eigenvalue weighted by molar-refractivity contribution is -0.384. The van der Waals surface area contributed by atoms with Gasteiger partial charge in [0, 0.05) is 17.7 Å². The molecule has 0 N–H and O–H groups in total. The Morgan fingerprint density at radius 3 is 2.36 bits per heavy atom. The second kappa shape index (κ2) is 8.05. The fraction of sp³-hybridized carbons (Fsp3) is 0.222. The molecular formula is C18H17NO6. The molecule has 7 heteroatoms. The molecule has 0 unspecified atom stereocenters. The van der Waals surface area contributed by atoms with E-state index in [0.717, 1.165) is 11.1 Å². The number of benzene rings is 2. The van der Waals surface area contributed by atoms with Gasteiger partial charge in [0.05, 0.1) is 4.92 Å². The third-order valence-corrected chi connectivity index (χ3v) is 3.46. The molecule has 130 valence electrons. The first-order chi connectivity index (χ1) is 11.9. The van der Waals surface area contributed by atoms with Crippen LogP contribution in [0, 0.1) is 24.0 Å². The van der Waals surface area contributed by atoms with E-state index in [4.69, 9.17) is 9.47 Å². The summed E-state index contributed by atoms with van der Waals surface area (Å²) in [5.41, 5.74) is 2.20. The van der Waals surface area contributed by atoms with Gasteiger partial charge in [-0.3, -0.25) is 14.9 Å². The molecule has 0 heterocycles. The van der Waals surface area contributed by atoms with Crippen LogP contribution in [0.15, 0.2) is 42.5 Å². The van der Waals surface area contributed by atoms with Crippen LogP contribution in [0.4, 0.5) is 5.69 Å². The third-order valence-electron chi connectivity index (χ3n) is 3.46. The van der Waals surface area contributed by atoms with Gasteiger partial charge in [-0.05, 0) is 37.6 Å². The predicted octanol–water partition coefficient (Wildman–Crippen LogP) is 3.02. The van der Waals surface area contributed by atoms with Gasteiger partial charge < -0.3 is 9.47 Å². The van der Waals surface area contributed by atoms with Crippen molar-refractivity contribution in [3.63, 3.8) is 0 Å². The summed E-state index contributed by atoms with van der Waals surface area (Å²) in [5, 5.41) is 10.5. The monoisotopic (exact) mass is 343 g/mol. The highest BCUT2D eigenvalue weighted by molar-refractivity contribution is 5.99. The van der Waals surface area contributed by atoms with Crippen molar-refractivity contribution in [1.29, 1.82) is 0 Å². The number of hydrogen-bond acceptors (Lipinski definition) is 6. The minimum absolute atomic E-state index is 0.0750. The van der Waals surface area contributed by atoms with E-state index in [1.165, 1.54) is 24.3 Å². The number of ether oxygens (including phenoxy) is 2. The lowest BCUT2D eigenvalue weighted by Gasteiger charge is -2.08. The number of hydrogen-bond donors (Lipinski definition) is 0. The van der Waals surface area contributed by atoms with E-state index >= 15 is 0 Å². The Labute approximate surface area is 144 Å². The number of carbonyl (C=O) groups excluding carboxylic acids is 2. The summed E-state index contributed by atoms with van der Waals surface area (Å²) < 4.78 is 10.1. The maximum Gasteiger partial charge on any atom is 0.344 e. The highest BCUT2D eigenvalue weighted by Gasteiger charge is 2.13. The van der Waals surface area contributed by atoms with Crippen LogP contribution in [0.2, 0.25) is 0 Å². The van der Waals surface area contributed by atoms with Crippen molar-refractivity contribution >= 4 is 17.4 Å². The summed E-state index contributed by atoms with van der Waals surface area (Å²) in [6, 6.07) is 10.8. The van der Waals surface area contributed by atoms with Gasteiger partial charge in [-0.1, -0.05) is 17.7 Å². The SMILES string of the molecule is Cc1ccc(C)c(C(=O)COC(=O)COc2ccc([N+](=O)[O-])cc2)c1. The molecule has 0 aliphatic heterocycles. The molecule has 0 radical (unpaired) electrons. The highest BCUT2D eigenvalue weighted by Crippen LogP contribution is 2.17. The maximum absolute atomic E-state index is 12.1. The molecule has 0 aliphatic rings. The van der Waals surface area contributed by atoms with E-state index in [9.17, 15) is 19.7 Å². The quantitative estimate of drug-likeness (QED) is 0.332. The third kappa shape index (κ3) is 5.13.